The van der Waals surface area contributed by atoms with E-state index in [-0.39, 0.29) is 35.0 Å². The quantitative estimate of drug-likeness (QED) is 0.795. The SMILES string of the molecule is CSCC(=O)NCCN1C(=O)S/C(=C\c2ccc(F)cc2)C1=O. The van der Waals surface area contributed by atoms with Gasteiger partial charge in [0.05, 0.1) is 10.7 Å². The van der Waals surface area contributed by atoms with Gasteiger partial charge in [-0.25, -0.2) is 4.39 Å². The van der Waals surface area contributed by atoms with Crippen LogP contribution in [0.4, 0.5) is 9.18 Å². The Kier molecular flexibility index (Phi) is 6.23. The van der Waals surface area contributed by atoms with Gasteiger partial charge in [0.2, 0.25) is 5.91 Å². The van der Waals surface area contributed by atoms with Crippen LogP contribution in [-0.4, -0.2) is 47.1 Å². The topological polar surface area (TPSA) is 66.5 Å². The summed E-state index contributed by atoms with van der Waals surface area (Å²) in [6, 6.07) is 5.65. The number of carbonyl (C=O) groups excluding carboxylic acids is 3. The van der Waals surface area contributed by atoms with Gasteiger partial charge < -0.3 is 5.32 Å². The van der Waals surface area contributed by atoms with Crippen molar-refractivity contribution >= 4 is 46.7 Å². The lowest BCUT2D eigenvalue weighted by molar-refractivity contribution is -0.123. The lowest BCUT2D eigenvalue weighted by Crippen LogP contribution is -2.37. The summed E-state index contributed by atoms with van der Waals surface area (Å²) in [5, 5.41) is 2.27. The normalized spacial score (nSPS) is 16.3. The van der Waals surface area contributed by atoms with E-state index in [1.54, 1.807) is 6.08 Å². The van der Waals surface area contributed by atoms with Crippen molar-refractivity contribution in [3.8, 4) is 0 Å². The highest BCUT2D eigenvalue weighted by molar-refractivity contribution is 8.18. The van der Waals surface area contributed by atoms with Crippen molar-refractivity contribution in [1.29, 1.82) is 0 Å². The van der Waals surface area contributed by atoms with E-state index in [4.69, 9.17) is 0 Å². The number of nitrogens with zero attached hydrogens (tertiary/aromatic N) is 1. The van der Waals surface area contributed by atoms with E-state index in [1.807, 2.05) is 6.26 Å². The average Bonchev–Trinajstić information content (AvgIpc) is 2.77. The maximum atomic E-state index is 12.9. The van der Waals surface area contributed by atoms with Crippen molar-refractivity contribution in [2.45, 2.75) is 0 Å². The van der Waals surface area contributed by atoms with Crippen LogP contribution in [-0.2, 0) is 9.59 Å². The maximum Gasteiger partial charge on any atom is 0.293 e. The van der Waals surface area contributed by atoms with E-state index in [9.17, 15) is 18.8 Å². The number of imide groups is 1. The second kappa shape index (κ2) is 8.16. The lowest BCUT2D eigenvalue weighted by atomic mass is 10.2. The van der Waals surface area contributed by atoms with Crippen LogP contribution in [0.2, 0.25) is 0 Å². The summed E-state index contributed by atoms with van der Waals surface area (Å²) in [7, 11) is 0. The molecular formula is C15H15FN2O3S2. The van der Waals surface area contributed by atoms with Gasteiger partial charge in [-0.2, -0.15) is 11.8 Å². The molecule has 8 heteroatoms. The fourth-order valence-corrected chi connectivity index (χ4v) is 3.12. The maximum absolute atomic E-state index is 12.9. The van der Waals surface area contributed by atoms with Crippen LogP contribution in [0.15, 0.2) is 29.2 Å². The molecule has 0 aromatic heterocycles. The van der Waals surface area contributed by atoms with Crippen LogP contribution in [0.5, 0.6) is 0 Å². The molecule has 3 amide bonds. The Labute approximate surface area is 141 Å². The van der Waals surface area contributed by atoms with Gasteiger partial charge in [-0.05, 0) is 41.8 Å². The smallest absolute Gasteiger partial charge is 0.293 e. The highest BCUT2D eigenvalue weighted by Gasteiger charge is 2.34. The van der Waals surface area contributed by atoms with E-state index in [1.165, 1.54) is 36.0 Å². The Morgan fingerprint density at radius 1 is 1.35 bits per heavy atom. The van der Waals surface area contributed by atoms with E-state index in [0.717, 1.165) is 16.7 Å². The zero-order chi connectivity index (χ0) is 16.8. The fraction of sp³-hybridized carbons (Fsp3) is 0.267. The number of hydrogen-bond acceptors (Lipinski definition) is 5. The van der Waals surface area contributed by atoms with Crippen LogP contribution >= 0.6 is 23.5 Å². The van der Waals surface area contributed by atoms with Crippen molar-refractivity contribution in [2.75, 3.05) is 25.1 Å². The van der Waals surface area contributed by atoms with Crippen molar-refractivity contribution in [1.82, 2.24) is 10.2 Å². The van der Waals surface area contributed by atoms with Gasteiger partial charge in [0.1, 0.15) is 5.82 Å². The first-order valence-electron chi connectivity index (χ1n) is 6.78. The molecule has 122 valence electrons. The molecule has 0 spiro atoms. The molecule has 1 aliphatic heterocycles. The summed E-state index contributed by atoms with van der Waals surface area (Å²) in [6.07, 6.45) is 3.37. The minimum atomic E-state index is -0.400. The molecule has 2 rings (SSSR count). The van der Waals surface area contributed by atoms with Gasteiger partial charge in [-0.15, -0.1) is 0 Å². The lowest BCUT2D eigenvalue weighted by Gasteiger charge is -2.12. The van der Waals surface area contributed by atoms with Crippen molar-refractivity contribution in [2.24, 2.45) is 0 Å². The minimum absolute atomic E-state index is 0.131. The number of nitrogens with one attached hydrogen (secondary N) is 1. The van der Waals surface area contributed by atoms with Gasteiger partial charge in [-0.1, -0.05) is 12.1 Å². The number of benzene rings is 1. The minimum Gasteiger partial charge on any atom is -0.354 e. The first kappa shape index (κ1) is 17.6. The standard InChI is InChI=1S/C15H15FN2O3S2/c1-22-9-13(19)17-6-7-18-14(20)12(23-15(18)21)8-10-2-4-11(16)5-3-10/h2-5,8H,6-7,9H2,1H3,(H,17,19)/b12-8-. The third-order valence-electron chi connectivity index (χ3n) is 2.97. The molecule has 1 aromatic rings. The summed E-state index contributed by atoms with van der Waals surface area (Å²) >= 11 is 2.23. The predicted molar refractivity (Wildman–Crippen MR) is 90.5 cm³/mol. The number of rotatable bonds is 6. The monoisotopic (exact) mass is 354 g/mol. The second-order valence-electron chi connectivity index (χ2n) is 4.67. The summed E-state index contributed by atoms with van der Waals surface area (Å²) in [5.41, 5.74) is 0.644. The van der Waals surface area contributed by atoms with Crippen molar-refractivity contribution in [3.05, 3.63) is 40.6 Å². The van der Waals surface area contributed by atoms with Crippen LogP contribution in [0.1, 0.15) is 5.56 Å². The average molecular weight is 354 g/mol. The highest BCUT2D eigenvalue weighted by Crippen LogP contribution is 2.31. The molecule has 5 nitrogen and oxygen atoms in total. The van der Waals surface area contributed by atoms with Gasteiger partial charge in [0.15, 0.2) is 0 Å². The number of halogens is 1. The summed E-state index contributed by atoms with van der Waals surface area (Å²) in [5.74, 6) is -0.558. The number of amides is 3. The Morgan fingerprint density at radius 3 is 2.70 bits per heavy atom. The first-order valence-corrected chi connectivity index (χ1v) is 8.99. The van der Waals surface area contributed by atoms with Gasteiger partial charge in [0.25, 0.3) is 11.1 Å². The van der Waals surface area contributed by atoms with Crippen LogP contribution < -0.4 is 5.32 Å². The van der Waals surface area contributed by atoms with Gasteiger partial charge >= 0.3 is 0 Å². The molecular weight excluding hydrogens is 339 g/mol. The van der Waals surface area contributed by atoms with Crippen molar-refractivity contribution in [3.63, 3.8) is 0 Å². The second-order valence-corrected chi connectivity index (χ2v) is 6.53. The Bertz CT molecular complexity index is 647. The zero-order valence-corrected chi connectivity index (χ0v) is 14.0. The van der Waals surface area contributed by atoms with Crippen LogP contribution in [0, 0.1) is 5.82 Å². The van der Waals surface area contributed by atoms with Gasteiger partial charge in [-0.3, -0.25) is 19.3 Å². The van der Waals surface area contributed by atoms with E-state index < -0.39 is 5.91 Å². The third-order valence-corrected chi connectivity index (χ3v) is 4.43. The summed E-state index contributed by atoms with van der Waals surface area (Å²) in [6.45, 7) is 0.354. The largest absolute Gasteiger partial charge is 0.354 e. The third kappa shape index (κ3) is 4.84. The molecule has 0 saturated carbocycles. The predicted octanol–water partition coefficient (Wildman–Crippen LogP) is 2.34. The van der Waals surface area contributed by atoms with Crippen LogP contribution in [0.3, 0.4) is 0 Å². The number of carbonyl (C=O) groups is 3. The molecule has 1 saturated heterocycles. The highest BCUT2D eigenvalue weighted by atomic mass is 32.2. The van der Waals surface area contributed by atoms with Crippen LogP contribution in [0.25, 0.3) is 6.08 Å². The molecule has 0 bridgehead atoms. The van der Waals surface area contributed by atoms with E-state index >= 15 is 0 Å². The first-order chi connectivity index (χ1) is 11.0. The Hall–Kier alpha value is -1.80. The molecule has 1 aromatic carbocycles. The Balaban J connectivity index is 1.96. The molecule has 0 atom stereocenters. The van der Waals surface area contributed by atoms with Gasteiger partial charge in [0, 0.05) is 13.1 Å². The molecule has 0 aliphatic carbocycles. The summed E-state index contributed by atoms with van der Waals surface area (Å²) in [4.78, 5) is 36.8. The molecule has 0 unspecified atom stereocenters. The summed E-state index contributed by atoms with van der Waals surface area (Å²) < 4.78 is 12.9. The molecule has 1 heterocycles. The number of hydrogen-bond donors (Lipinski definition) is 1. The Morgan fingerprint density at radius 2 is 2.04 bits per heavy atom. The molecule has 1 N–H and O–H groups in total. The molecule has 1 fully saturated rings. The number of thioether (sulfide) groups is 2. The van der Waals surface area contributed by atoms with E-state index in [2.05, 4.69) is 5.32 Å². The van der Waals surface area contributed by atoms with E-state index in [0.29, 0.717) is 11.3 Å². The molecule has 1 aliphatic rings. The zero-order valence-electron chi connectivity index (χ0n) is 12.4. The van der Waals surface area contributed by atoms with Crippen molar-refractivity contribution < 1.29 is 18.8 Å². The fourth-order valence-electron chi connectivity index (χ4n) is 1.89. The molecule has 23 heavy (non-hydrogen) atoms. The molecule has 0 radical (unpaired) electrons.